The minimum atomic E-state index is 0.827. The van der Waals surface area contributed by atoms with Crippen molar-refractivity contribution in [3.8, 4) is 22.3 Å². The lowest BCUT2D eigenvalue weighted by atomic mass is 9.84. The molecule has 0 spiro atoms. The lowest BCUT2D eigenvalue weighted by Crippen LogP contribution is -1.91. The van der Waals surface area contributed by atoms with Gasteiger partial charge in [-0.05, 0) is 61.6 Å². The van der Waals surface area contributed by atoms with Crippen molar-refractivity contribution in [3.05, 3.63) is 134 Å². The Hall–Kier alpha value is -5.34. The maximum absolute atomic E-state index is 6.49. The Morgan fingerprint density at radius 3 is 1.68 bits per heavy atom. The van der Waals surface area contributed by atoms with Gasteiger partial charge in [-0.3, -0.25) is 0 Å². The molecule has 9 rings (SSSR count). The Balaban J connectivity index is 1.47. The molecule has 0 fully saturated rings. The Bertz CT molecular complexity index is 2370. The number of hydrogen-bond acceptors (Lipinski definition) is 2. The predicted octanol–water partition coefficient (Wildman–Crippen LogP) is 11.1. The highest BCUT2D eigenvalue weighted by Crippen LogP contribution is 2.48. The Kier molecular flexibility index (Phi) is 4.36. The summed E-state index contributed by atoms with van der Waals surface area (Å²) in [6.07, 6.45) is 1.91. The fourth-order valence-corrected chi connectivity index (χ4v) is 6.64. The van der Waals surface area contributed by atoms with E-state index in [1.54, 1.807) is 0 Å². The van der Waals surface area contributed by atoms with E-state index >= 15 is 0 Å². The molecule has 0 aliphatic carbocycles. The number of hydrogen-bond donors (Lipinski definition) is 0. The number of fused-ring (bicyclic) bond motifs is 8. The number of furan rings is 2. The van der Waals surface area contributed by atoms with Gasteiger partial charge >= 0.3 is 0 Å². The fraction of sp³-hybridized carbons (Fsp3) is 0. The summed E-state index contributed by atoms with van der Waals surface area (Å²) in [6, 6.07) is 45.2. The first-order chi connectivity index (χ1) is 19.9. The molecule has 0 aliphatic heterocycles. The van der Waals surface area contributed by atoms with E-state index in [-0.39, 0.29) is 0 Å². The van der Waals surface area contributed by atoms with E-state index in [1.807, 2.05) is 18.4 Å². The van der Waals surface area contributed by atoms with Gasteiger partial charge in [-0.1, -0.05) is 109 Å². The van der Waals surface area contributed by atoms with E-state index in [1.165, 1.54) is 49.0 Å². The Morgan fingerprint density at radius 2 is 0.950 bits per heavy atom. The van der Waals surface area contributed by atoms with Gasteiger partial charge in [0.05, 0.1) is 11.6 Å². The van der Waals surface area contributed by atoms with Crippen molar-refractivity contribution in [1.82, 2.24) is 0 Å². The van der Waals surface area contributed by atoms with Gasteiger partial charge in [-0.25, -0.2) is 0 Å². The zero-order valence-electron chi connectivity index (χ0n) is 21.5. The molecule has 2 heteroatoms. The highest BCUT2D eigenvalue weighted by Gasteiger charge is 2.22. The molecule has 186 valence electrons. The summed E-state index contributed by atoms with van der Waals surface area (Å²) in [5.74, 6) is 0. The van der Waals surface area contributed by atoms with Crippen LogP contribution in [0.2, 0.25) is 0 Å². The minimum absolute atomic E-state index is 0.827. The molecule has 0 unspecified atom stereocenters. The maximum atomic E-state index is 6.49. The molecule has 0 saturated heterocycles. The highest BCUT2D eigenvalue weighted by molar-refractivity contribution is 6.27. The largest absolute Gasteiger partial charge is 0.464 e. The molecular weight excluding hydrogens is 488 g/mol. The molecule has 0 saturated carbocycles. The third-order valence-electron chi connectivity index (χ3n) is 8.34. The topological polar surface area (TPSA) is 26.3 Å². The van der Waals surface area contributed by atoms with Crippen LogP contribution in [0.3, 0.4) is 0 Å². The first kappa shape index (κ1) is 21.6. The molecule has 0 bridgehead atoms. The molecule has 9 aromatic rings. The van der Waals surface area contributed by atoms with Crippen LogP contribution in [0.5, 0.6) is 0 Å². The van der Waals surface area contributed by atoms with Crippen LogP contribution >= 0.6 is 0 Å². The Morgan fingerprint density at radius 1 is 0.375 bits per heavy atom. The monoisotopic (exact) mass is 510 g/mol. The van der Waals surface area contributed by atoms with Gasteiger partial charge < -0.3 is 8.83 Å². The summed E-state index contributed by atoms with van der Waals surface area (Å²) >= 11 is 0. The third kappa shape index (κ3) is 2.88. The fourth-order valence-electron chi connectivity index (χ4n) is 6.64. The van der Waals surface area contributed by atoms with Gasteiger partial charge in [-0.2, -0.15) is 0 Å². The molecule has 2 nitrogen and oxygen atoms in total. The van der Waals surface area contributed by atoms with Crippen molar-refractivity contribution >= 4 is 65.2 Å². The second-order valence-corrected chi connectivity index (χ2v) is 10.4. The summed E-state index contributed by atoms with van der Waals surface area (Å²) in [5.41, 5.74) is 7.31. The summed E-state index contributed by atoms with van der Waals surface area (Å²) in [7, 11) is 0. The molecule has 2 aromatic heterocycles. The van der Waals surface area contributed by atoms with Gasteiger partial charge in [0, 0.05) is 21.9 Å². The molecule has 0 aliphatic rings. The van der Waals surface area contributed by atoms with Gasteiger partial charge in [-0.15, -0.1) is 0 Å². The molecule has 2 heterocycles. The molecule has 40 heavy (non-hydrogen) atoms. The van der Waals surface area contributed by atoms with Gasteiger partial charge in [0.1, 0.15) is 16.7 Å². The van der Waals surface area contributed by atoms with Crippen LogP contribution in [-0.4, -0.2) is 0 Å². The smallest absolute Gasteiger partial charge is 0.147 e. The van der Waals surface area contributed by atoms with E-state index in [0.717, 1.165) is 38.5 Å². The third-order valence-corrected chi connectivity index (χ3v) is 8.34. The van der Waals surface area contributed by atoms with Gasteiger partial charge in [0.2, 0.25) is 0 Å². The zero-order chi connectivity index (χ0) is 26.2. The normalized spacial score (nSPS) is 12.0. The minimum Gasteiger partial charge on any atom is -0.464 e. The molecule has 0 atom stereocenters. The van der Waals surface area contributed by atoms with E-state index in [9.17, 15) is 0 Å². The summed E-state index contributed by atoms with van der Waals surface area (Å²) in [6.45, 7) is 0. The molecule has 7 aromatic carbocycles. The van der Waals surface area contributed by atoms with Crippen LogP contribution in [0.15, 0.2) is 142 Å². The quantitative estimate of drug-likeness (QED) is 0.216. The van der Waals surface area contributed by atoms with Gasteiger partial charge in [0.25, 0.3) is 0 Å². The van der Waals surface area contributed by atoms with Crippen LogP contribution in [0, 0.1) is 0 Å². The molecular formula is C38H22O2. The average molecular weight is 511 g/mol. The van der Waals surface area contributed by atoms with Crippen molar-refractivity contribution < 1.29 is 8.83 Å². The van der Waals surface area contributed by atoms with Crippen LogP contribution in [-0.2, 0) is 0 Å². The second kappa shape index (κ2) is 8.08. The summed E-state index contributed by atoms with van der Waals surface area (Å²) < 4.78 is 12.7. The molecule has 0 amide bonds. The number of benzene rings is 7. The van der Waals surface area contributed by atoms with Crippen LogP contribution in [0.1, 0.15) is 0 Å². The first-order valence-corrected chi connectivity index (χ1v) is 13.6. The number of para-hydroxylation sites is 1. The zero-order valence-corrected chi connectivity index (χ0v) is 21.5. The molecule has 0 radical (unpaired) electrons. The second-order valence-electron chi connectivity index (χ2n) is 10.4. The van der Waals surface area contributed by atoms with Crippen LogP contribution in [0.25, 0.3) is 87.5 Å². The SMILES string of the molecule is c1ccc2c(-c3c4ccccc4c(-c4coc5ccc6c7ccccc7oc6c45)c4ccccc34)cccc2c1. The maximum Gasteiger partial charge on any atom is 0.147 e. The van der Waals surface area contributed by atoms with E-state index in [0.29, 0.717) is 0 Å². The van der Waals surface area contributed by atoms with Crippen molar-refractivity contribution in [3.63, 3.8) is 0 Å². The first-order valence-electron chi connectivity index (χ1n) is 13.6. The lowest BCUT2D eigenvalue weighted by molar-refractivity contribution is 0.616. The predicted molar refractivity (Wildman–Crippen MR) is 167 cm³/mol. The van der Waals surface area contributed by atoms with Crippen LogP contribution in [0.4, 0.5) is 0 Å². The van der Waals surface area contributed by atoms with E-state index in [4.69, 9.17) is 8.83 Å². The van der Waals surface area contributed by atoms with Crippen molar-refractivity contribution in [2.75, 3.05) is 0 Å². The summed E-state index contributed by atoms with van der Waals surface area (Å²) in [5, 5.41) is 10.6. The van der Waals surface area contributed by atoms with Crippen LogP contribution < -0.4 is 0 Å². The van der Waals surface area contributed by atoms with Crippen molar-refractivity contribution in [2.45, 2.75) is 0 Å². The standard InChI is InChI=1S/C38H22O2/c1-2-12-24-23(10-1)11-9-18-26(24)35-27-14-3-5-16-29(27)36(30-17-6-4-15-28(30)35)32-22-39-34-21-20-31-25-13-7-8-19-33(25)40-38(31)37(32)34/h1-22H. The average Bonchev–Trinajstić information content (AvgIpc) is 3.61. The summed E-state index contributed by atoms with van der Waals surface area (Å²) in [4.78, 5) is 0. The van der Waals surface area contributed by atoms with E-state index < -0.39 is 0 Å². The van der Waals surface area contributed by atoms with Crippen molar-refractivity contribution in [1.29, 1.82) is 0 Å². The Labute approximate surface area is 229 Å². The van der Waals surface area contributed by atoms with Gasteiger partial charge in [0.15, 0.2) is 0 Å². The number of rotatable bonds is 2. The molecule has 0 N–H and O–H groups in total. The van der Waals surface area contributed by atoms with E-state index in [2.05, 4.69) is 115 Å². The van der Waals surface area contributed by atoms with Crippen molar-refractivity contribution in [2.24, 2.45) is 0 Å². The highest BCUT2D eigenvalue weighted by atomic mass is 16.3. The lowest BCUT2D eigenvalue weighted by Gasteiger charge is -2.18.